The number of anilines is 1. The summed E-state index contributed by atoms with van der Waals surface area (Å²) in [7, 11) is 1.49. The summed E-state index contributed by atoms with van der Waals surface area (Å²) in [5, 5.41) is 2.54. The van der Waals surface area contributed by atoms with E-state index in [0.29, 0.717) is 17.0 Å². The Morgan fingerprint density at radius 3 is 2.43 bits per heavy atom. The maximum Gasteiger partial charge on any atom is 0.573 e. The molecule has 0 heterocycles. The Morgan fingerprint density at radius 2 is 1.79 bits per heavy atom. The quantitative estimate of drug-likeness (QED) is 0.570. The molecule has 0 aliphatic rings. The van der Waals surface area contributed by atoms with Crippen LogP contribution in [-0.2, 0) is 14.3 Å². The molecule has 0 aliphatic carbocycles. The molecule has 0 saturated heterocycles. The Hall–Kier alpha value is -3.49. The largest absolute Gasteiger partial charge is 0.573 e. The molecule has 1 amide bonds. The van der Waals surface area contributed by atoms with E-state index < -0.39 is 24.8 Å². The average Bonchev–Trinajstić information content (AvgIpc) is 2.64. The van der Waals surface area contributed by atoms with Gasteiger partial charge in [-0.25, -0.2) is 4.79 Å². The van der Waals surface area contributed by atoms with Gasteiger partial charge in [-0.2, -0.15) is 0 Å². The molecule has 28 heavy (non-hydrogen) atoms. The van der Waals surface area contributed by atoms with Crippen molar-refractivity contribution in [3.05, 3.63) is 60.2 Å². The van der Waals surface area contributed by atoms with Gasteiger partial charge in [0, 0.05) is 17.8 Å². The van der Waals surface area contributed by atoms with Crippen LogP contribution in [0.5, 0.6) is 11.5 Å². The molecule has 1 N–H and O–H groups in total. The smallest absolute Gasteiger partial charge is 0.497 e. The molecule has 0 aromatic heterocycles. The van der Waals surface area contributed by atoms with Crippen molar-refractivity contribution >= 4 is 23.6 Å². The van der Waals surface area contributed by atoms with Crippen LogP contribution in [0.15, 0.2) is 54.6 Å². The third-order valence-electron chi connectivity index (χ3n) is 3.22. The fourth-order valence-corrected chi connectivity index (χ4v) is 2.03. The number of nitrogens with one attached hydrogen (secondary N) is 1. The minimum atomic E-state index is -4.77. The van der Waals surface area contributed by atoms with Crippen LogP contribution in [0.2, 0.25) is 0 Å². The zero-order valence-corrected chi connectivity index (χ0v) is 14.7. The van der Waals surface area contributed by atoms with Gasteiger partial charge in [0.2, 0.25) is 0 Å². The van der Waals surface area contributed by atoms with Crippen LogP contribution >= 0.6 is 0 Å². The molecule has 2 aromatic rings. The molecular weight excluding hydrogens is 379 g/mol. The number of hydrogen-bond donors (Lipinski definition) is 1. The highest BCUT2D eigenvalue weighted by Crippen LogP contribution is 2.23. The van der Waals surface area contributed by atoms with Crippen molar-refractivity contribution in [3.8, 4) is 11.5 Å². The summed E-state index contributed by atoms with van der Waals surface area (Å²) >= 11 is 0. The Labute approximate surface area is 158 Å². The summed E-state index contributed by atoms with van der Waals surface area (Å²) in [6, 6.07) is 11.5. The summed E-state index contributed by atoms with van der Waals surface area (Å²) in [6.07, 6.45) is -2.38. The maximum absolute atomic E-state index is 12.1. The highest BCUT2D eigenvalue weighted by atomic mass is 19.4. The first kappa shape index (κ1) is 20.8. The Kier molecular flexibility index (Phi) is 7.02. The third kappa shape index (κ3) is 7.40. The zero-order chi connectivity index (χ0) is 20.6. The number of esters is 1. The van der Waals surface area contributed by atoms with E-state index in [4.69, 9.17) is 9.47 Å². The molecule has 6 nitrogen and oxygen atoms in total. The van der Waals surface area contributed by atoms with Gasteiger partial charge >= 0.3 is 12.3 Å². The fraction of sp³-hybridized carbons (Fsp3) is 0.158. The van der Waals surface area contributed by atoms with E-state index in [-0.39, 0.29) is 5.75 Å². The number of carbonyl (C=O) groups excluding carboxylic acids is 2. The van der Waals surface area contributed by atoms with E-state index in [1.807, 2.05) is 0 Å². The average molecular weight is 395 g/mol. The van der Waals surface area contributed by atoms with E-state index >= 15 is 0 Å². The van der Waals surface area contributed by atoms with Crippen LogP contribution in [0.4, 0.5) is 18.9 Å². The summed E-state index contributed by atoms with van der Waals surface area (Å²) in [5.41, 5.74) is 0.935. The summed E-state index contributed by atoms with van der Waals surface area (Å²) < 4.78 is 49.8. The maximum atomic E-state index is 12.1. The van der Waals surface area contributed by atoms with Crippen LogP contribution in [0, 0.1) is 0 Å². The standard InChI is InChI=1S/C19H16F3NO5/c1-26-16-4-2-3-14(11-16)23-17(24)12-27-18(25)10-7-13-5-8-15(9-6-13)28-19(20,21)22/h2-11H,12H2,1H3,(H,23,24)/b10-7+. The predicted molar refractivity (Wildman–Crippen MR) is 94.7 cm³/mol. The molecule has 0 radical (unpaired) electrons. The molecule has 0 fully saturated rings. The van der Waals surface area contributed by atoms with Crippen LogP contribution in [-0.4, -0.2) is 32.0 Å². The van der Waals surface area contributed by atoms with Crippen LogP contribution in [0.3, 0.4) is 0 Å². The number of benzene rings is 2. The van der Waals surface area contributed by atoms with Gasteiger partial charge < -0.3 is 19.5 Å². The Balaban J connectivity index is 1.80. The number of amides is 1. The number of rotatable bonds is 7. The molecule has 0 saturated carbocycles. The third-order valence-corrected chi connectivity index (χ3v) is 3.22. The highest BCUT2D eigenvalue weighted by molar-refractivity contribution is 5.94. The summed E-state index contributed by atoms with van der Waals surface area (Å²) in [4.78, 5) is 23.4. The minimum absolute atomic E-state index is 0.374. The summed E-state index contributed by atoms with van der Waals surface area (Å²) in [5.74, 6) is -1.13. The molecule has 0 bridgehead atoms. The van der Waals surface area contributed by atoms with Gasteiger partial charge in [0.25, 0.3) is 5.91 Å². The lowest BCUT2D eigenvalue weighted by atomic mass is 10.2. The van der Waals surface area contributed by atoms with Crippen molar-refractivity contribution < 1.29 is 37.0 Å². The van der Waals surface area contributed by atoms with Crippen molar-refractivity contribution in [2.45, 2.75) is 6.36 Å². The van der Waals surface area contributed by atoms with E-state index in [2.05, 4.69) is 10.1 Å². The fourth-order valence-electron chi connectivity index (χ4n) is 2.03. The molecule has 0 atom stereocenters. The highest BCUT2D eigenvalue weighted by Gasteiger charge is 2.30. The molecule has 9 heteroatoms. The minimum Gasteiger partial charge on any atom is -0.497 e. The Bertz CT molecular complexity index is 847. The van der Waals surface area contributed by atoms with Crippen LogP contribution in [0.25, 0.3) is 6.08 Å². The number of hydrogen-bond acceptors (Lipinski definition) is 5. The molecule has 148 valence electrons. The van der Waals surface area contributed by atoms with Crippen LogP contribution < -0.4 is 14.8 Å². The van der Waals surface area contributed by atoms with E-state index in [1.165, 1.54) is 25.3 Å². The van der Waals surface area contributed by atoms with Crippen LogP contribution in [0.1, 0.15) is 5.56 Å². The number of carbonyl (C=O) groups is 2. The number of halogens is 3. The topological polar surface area (TPSA) is 73.9 Å². The lowest BCUT2D eigenvalue weighted by Gasteiger charge is -2.08. The number of alkyl halides is 3. The first-order valence-corrected chi connectivity index (χ1v) is 7.90. The van der Waals surface area contributed by atoms with Gasteiger partial charge in [0.05, 0.1) is 7.11 Å². The Morgan fingerprint density at radius 1 is 1.07 bits per heavy atom. The van der Waals surface area contributed by atoms with Gasteiger partial charge in [-0.3, -0.25) is 4.79 Å². The van der Waals surface area contributed by atoms with Gasteiger partial charge in [0.15, 0.2) is 6.61 Å². The monoisotopic (exact) mass is 395 g/mol. The second-order valence-electron chi connectivity index (χ2n) is 5.34. The van der Waals surface area contributed by atoms with E-state index in [9.17, 15) is 22.8 Å². The number of ether oxygens (including phenoxy) is 3. The van der Waals surface area contributed by atoms with Crippen molar-refractivity contribution in [3.63, 3.8) is 0 Å². The first-order valence-electron chi connectivity index (χ1n) is 7.90. The molecule has 0 spiro atoms. The molecule has 2 rings (SSSR count). The molecule has 2 aromatic carbocycles. The van der Waals surface area contributed by atoms with Gasteiger partial charge in [-0.05, 0) is 35.9 Å². The second kappa shape index (κ2) is 9.45. The molecule has 0 aliphatic heterocycles. The zero-order valence-electron chi connectivity index (χ0n) is 14.7. The second-order valence-corrected chi connectivity index (χ2v) is 5.34. The van der Waals surface area contributed by atoms with Gasteiger partial charge in [-0.1, -0.05) is 18.2 Å². The summed E-state index contributed by atoms with van der Waals surface area (Å²) in [6.45, 7) is -0.501. The molecule has 0 unspecified atom stereocenters. The molecular formula is C19H16F3NO5. The number of methoxy groups -OCH3 is 1. The lowest BCUT2D eigenvalue weighted by Crippen LogP contribution is -2.20. The lowest BCUT2D eigenvalue weighted by molar-refractivity contribution is -0.274. The van der Waals surface area contributed by atoms with Gasteiger partial charge in [-0.15, -0.1) is 13.2 Å². The first-order chi connectivity index (χ1) is 13.2. The van der Waals surface area contributed by atoms with Crippen molar-refractivity contribution in [2.24, 2.45) is 0 Å². The predicted octanol–water partition coefficient (Wildman–Crippen LogP) is 3.79. The van der Waals surface area contributed by atoms with Crippen molar-refractivity contribution in [1.82, 2.24) is 0 Å². The van der Waals surface area contributed by atoms with Gasteiger partial charge in [0.1, 0.15) is 11.5 Å². The van der Waals surface area contributed by atoms with E-state index in [1.54, 1.807) is 24.3 Å². The normalized spacial score (nSPS) is 11.1. The van der Waals surface area contributed by atoms with Crippen molar-refractivity contribution in [2.75, 3.05) is 19.0 Å². The SMILES string of the molecule is COc1cccc(NC(=O)COC(=O)/C=C/c2ccc(OC(F)(F)F)cc2)c1. The van der Waals surface area contributed by atoms with E-state index in [0.717, 1.165) is 18.2 Å². The van der Waals surface area contributed by atoms with Crippen molar-refractivity contribution in [1.29, 1.82) is 0 Å².